The molecule has 1 heterocycles. The van der Waals surface area contributed by atoms with Gasteiger partial charge >= 0.3 is 5.97 Å². The van der Waals surface area contributed by atoms with Crippen molar-refractivity contribution in [2.24, 2.45) is 0 Å². The van der Waals surface area contributed by atoms with Crippen molar-refractivity contribution in [1.82, 2.24) is 4.57 Å². The van der Waals surface area contributed by atoms with Crippen LogP contribution in [-0.2, 0) is 0 Å². The third-order valence-corrected chi connectivity index (χ3v) is 3.54. The lowest BCUT2D eigenvalue weighted by molar-refractivity contribution is 0.0695. The van der Waals surface area contributed by atoms with Gasteiger partial charge in [-0.25, -0.2) is 26.7 Å². The van der Waals surface area contributed by atoms with Gasteiger partial charge in [0.2, 0.25) is 5.43 Å². The van der Waals surface area contributed by atoms with E-state index in [1.807, 2.05) is 0 Å². The first-order valence-electron chi connectivity index (χ1n) is 6.64. The van der Waals surface area contributed by atoms with Crippen LogP contribution >= 0.6 is 0 Å². The average Bonchev–Trinajstić information content (AvgIpc) is 2.56. The van der Waals surface area contributed by atoms with Gasteiger partial charge in [-0.3, -0.25) is 4.79 Å². The molecule has 0 fully saturated rings. The van der Waals surface area contributed by atoms with Crippen molar-refractivity contribution < 1.29 is 31.9 Å². The number of carboxylic acid groups (broad SMARTS) is 1. The molecule has 0 aliphatic carbocycles. The van der Waals surface area contributed by atoms with Crippen molar-refractivity contribution in [2.75, 3.05) is 0 Å². The molecule has 9 heteroatoms. The van der Waals surface area contributed by atoms with E-state index >= 15 is 0 Å². The SMILES string of the molecule is O=C(O)c1cn(-c2ccc(F)c(F)c2)c2c(F)c(F)c(F)cc2c1=O. The summed E-state index contributed by atoms with van der Waals surface area (Å²) in [5.74, 6) is -9.65. The summed E-state index contributed by atoms with van der Waals surface area (Å²) in [6.45, 7) is 0. The zero-order valence-corrected chi connectivity index (χ0v) is 12.0. The molecule has 4 nitrogen and oxygen atoms in total. The van der Waals surface area contributed by atoms with Crippen LogP contribution in [0.1, 0.15) is 10.4 Å². The number of hydrogen-bond donors (Lipinski definition) is 1. The van der Waals surface area contributed by atoms with Crippen molar-refractivity contribution in [3.63, 3.8) is 0 Å². The largest absolute Gasteiger partial charge is 0.477 e. The first-order chi connectivity index (χ1) is 11.7. The molecule has 128 valence electrons. The number of nitrogens with zero attached hydrogens (tertiary/aromatic N) is 1. The van der Waals surface area contributed by atoms with Crippen LogP contribution in [0.4, 0.5) is 22.0 Å². The fourth-order valence-electron chi connectivity index (χ4n) is 2.38. The highest BCUT2D eigenvalue weighted by Crippen LogP contribution is 2.25. The quantitative estimate of drug-likeness (QED) is 0.566. The Kier molecular flexibility index (Phi) is 3.78. The standard InChI is InChI=1S/C16H6F5NO3/c17-9-2-1-6(3-10(9)18)22-5-8(16(24)25)15(23)7-4-11(19)12(20)13(21)14(7)22/h1-5H,(H,24,25). The van der Waals surface area contributed by atoms with Crippen molar-refractivity contribution >= 4 is 16.9 Å². The Morgan fingerprint density at radius 1 is 0.920 bits per heavy atom. The number of aromatic nitrogens is 1. The Hall–Kier alpha value is -3.23. The molecule has 0 radical (unpaired) electrons. The Morgan fingerprint density at radius 3 is 2.20 bits per heavy atom. The molecule has 0 unspecified atom stereocenters. The fraction of sp³-hybridized carbons (Fsp3) is 0. The molecule has 0 spiro atoms. The molecule has 0 aliphatic rings. The van der Waals surface area contributed by atoms with Gasteiger partial charge in [-0.1, -0.05) is 0 Å². The molecule has 25 heavy (non-hydrogen) atoms. The Morgan fingerprint density at radius 2 is 1.60 bits per heavy atom. The molecule has 0 atom stereocenters. The number of rotatable bonds is 2. The molecular formula is C16H6F5NO3. The second kappa shape index (κ2) is 5.69. The first kappa shape index (κ1) is 16.6. The van der Waals surface area contributed by atoms with Crippen LogP contribution in [-0.4, -0.2) is 15.6 Å². The van der Waals surface area contributed by atoms with Gasteiger partial charge in [0.25, 0.3) is 0 Å². The van der Waals surface area contributed by atoms with Gasteiger partial charge < -0.3 is 9.67 Å². The highest BCUT2D eigenvalue weighted by molar-refractivity contribution is 5.93. The molecular weight excluding hydrogens is 349 g/mol. The lowest BCUT2D eigenvalue weighted by Gasteiger charge is -2.14. The van der Waals surface area contributed by atoms with E-state index in [-0.39, 0.29) is 5.69 Å². The topological polar surface area (TPSA) is 59.3 Å². The van der Waals surface area contributed by atoms with Crippen molar-refractivity contribution in [3.05, 3.63) is 75.3 Å². The van der Waals surface area contributed by atoms with Gasteiger partial charge in [0.1, 0.15) is 5.56 Å². The number of aromatic carboxylic acids is 1. The molecule has 1 N–H and O–H groups in total. The van der Waals surface area contributed by atoms with Gasteiger partial charge in [0, 0.05) is 18.0 Å². The first-order valence-corrected chi connectivity index (χ1v) is 6.64. The minimum Gasteiger partial charge on any atom is -0.477 e. The monoisotopic (exact) mass is 355 g/mol. The van der Waals surface area contributed by atoms with Crippen molar-refractivity contribution in [2.45, 2.75) is 0 Å². The predicted octanol–water partition coefficient (Wildman–Crippen LogP) is 3.38. The van der Waals surface area contributed by atoms with E-state index < -0.39 is 57.0 Å². The molecule has 0 aliphatic heterocycles. The summed E-state index contributed by atoms with van der Waals surface area (Å²) in [6, 6.07) is 2.56. The highest BCUT2D eigenvalue weighted by atomic mass is 19.2. The lowest BCUT2D eigenvalue weighted by Crippen LogP contribution is -2.20. The van der Waals surface area contributed by atoms with E-state index in [0.29, 0.717) is 29.0 Å². The Labute approximate surface area is 135 Å². The summed E-state index contributed by atoms with van der Waals surface area (Å²) in [7, 11) is 0. The summed E-state index contributed by atoms with van der Waals surface area (Å²) in [4.78, 5) is 23.3. The van der Waals surface area contributed by atoms with Crippen molar-refractivity contribution in [1.29, 1.82) is 0 Å². The maximum Gasteiger partial charge on any atom is 0.341 e. The molecule has 0 saturated heterocycles. The van der Waals surface area contributed by atoms with E-state index in [1.165, 1.54) is 0 Å². The molecule has 1 aromatic heterocycles. The number of carbonyl (C=O) groups is 1. The third kappa shape index (κ3) is 2.53. The second-order valence-corrected chi connectivity index (χ2v) is 5.03. The summed E-state index contributed by atoms with van der Waals surface area (Å²) >= 11 is 0. The number of halogens is 5. The zero-order chi connectivity index (χ0) is 18.5. The van der Waals surface area contributed by atoms with Gasteiger partial charge in [0.15, 0.2) is 29.1 Å². The Bertz CT molecular complexity index is 1110. The minimum absolute atomic E-state index is 0.295. The second-order valence-electron chi connectivity index (χ2n) is 5.03. The average molecular weight is 355 g/mol. The number of fused-ring (bicyclic) bond motifs is 1. The smallest absolute Gasteiger partial charge is 0.341 e. The molecule has 0 amide bonds. The number of hydrogen-bond acceptors (Lipinski definition) is 2. The van der Waals surface area contributed by atoms with E-state index in [1.54, 1.807) is 0 Å². The van der Waals surface area contributed by atoms with E-state index in [0.717, 1.165) is 6.07 Å². The summed E-state index contributed by atoms with van der Waals surface area (Å²) in [6.07, 6.45) is 0.625. The van der Waals surface area contributed by atoms with Gasteiger partial charge in [0.05, 0.1) is 10.9 Å². The van der Waals surface area contributed by atoms with Crippen LogP contribution in [0, 0.1) is 29.1 Å². The Balaban J connectivity index is 2.54. The summed E-state index contributed by atoms with van der Waals surface area (Å²) < 4.78 is 68.4. The van der Waals surface area contributed by atoms with Crippen LogP contribution in [0.15, 0.2) is 35.3 Å². The van der Waals surface area contributed by atoms with Crippen LogP contribution in [0.3, 0.4) is 0 Å². The molecule has 0 bridgehead atoms. The predicted molar refractivity (Wildman–Crippen MR) is 76.3 cm³/mol. The summed E-state index contributed by atoms with van der Waals surface area (Å²) in [5, 5.41) is 8.32. The van der Waals surface area contributed by atoms with E-state index in [2.05, 4.69) is 0 Å². The summed E-state index contributed by atoms with van der Waals surface area (Å²) in [5.41, 5.74) is -3.24. The number of pyridine rings is 1. The van der Waals surface area contributed by atoms with Crippen LogP contribution in [0.2, 0.25) is 0 Å². The van der Waals surface area contributed by atoms with Crippen LogP contribution in [0.5, 0.6) is 0 Å². The van der Waals surface area contributed by atoms with Gasteiger partial charge in [-0.15, -0.1) is 0 Å². The van der Waals surface area contributed by atoms with E-state index in [4.69, 9.17) is 5.11 Å². The van der Waals surface area contributed by atoms with Crippen LogP contribution in [0.25, 0.3) is 16.6 Å². The van der Waals surface area contributed by atoms with E-state index in [9.17, 15) is 31.5 Å². The number of benzene rings is 2. The maximum absolute atomic E-state index is 14.2. The third-order valence-electron chi connectivity index (χ3n) is 3.54. The highest BCUT2D eigenvalue weighted by Gasteiger charge is 2.23. The maximum atomic E-state index is 14.2. The number of carboxylic acids is 1. The van der Waals surface area contributed by atoms with Crippen molar-refractivity contribution in [3.8, 4) is 5.69 Å². The lowest BCUT2D eigenvalue weighted by atomic mass is 10.1. The zero-order valence-electron chi connectivity index (χ0n) is 12.0. The molecule has 0 saturated carbocycles. The van der Waals surface area contributed by atoms with Gasteiger partial charge in [-0.2, -0.15) is 0 Å². The van der Waals surface area contributed by atoms with Gasteiger partial charge in [-0.05, 0) is 18.2 Å². The minimum atomic E-state index is -1.90. The van der Waals surface area contributed by atoms with Crippen LogP contribution < -0.4 is 5.43 Å². The fourth-order valence-corrected chi connectivity index (χ4v) is 2.38. The molecule has 3 aromatic rings. The molecule has 2 aromatic carbocycles. The molecule has 3 rings (SSSR count). The normalized spacial score (nSPS) is 11.1.